The van der Waals surface area contributed by atoms with E-state index in [9.17, 15) is 4.79 Å². The van der Waals surface area contributed by atoms with Gasteiger partial charge in [0.25, 0.3) is 0 Å². The minimum Gasteiger partial charge on any atom is -0.492 e. The van der Waals surface area contributed by atoms with Crippen molar-refractivity contribution in [3.05, 3.63) is 41.5 Å². The van der Waals surface area contributed by atoms with E-state index in [1.165, 1.54) is 6.92 Å². The van der Waals surface area contributed by atoms with E-state index in [1.54, 1.807) is 0 Å². The van der Waals surface area contributed by atoms with Crippen LogP contribution in [0.3, 0.4) is 0 Å². The number of hydrogen-bond donors (Lipinski definition) is 0. The number of fused-ring (bicyclic) bond motifs is 1. The number of benzene rings is 1. The zero-order valence-corrected chi connectivity index (χ0v) is 9.92. The van der Waals surface area contributed by atoms with Crippen molar-refractivity contribution >= 4 is 5.78 Å². The van der Waals surface area contributed by atoms with Crippen LogP contribution in [-0.2, 0) is 11.2 Å². The van der Waals surface area contributed by atoms with Crippen molar-refractivity contribution in [3.8, 4) is 5.75 Å². The Balaban J connectivity index is 1.88. The fraction of sp³-hybridized carbons (Fsp3) is 0.308. The summed E-state index contributed by atoms with van der Waals surface area (Å²) in [6.07, 6.45) is 0.183. The monoisotopic (exact) mass is 244 g/mol. The topological polar surface area (TPSA) is 65.2 Å². The maximum atomic E-state index is 11.0. The van der Waals surface area contributed by atoms with Crippen molar-refractivity contribution in [3.63, 3.8) is 0 Å². The number of ketones is 1. The lowest BCUT2D eigenvalue weighted by Gasteiger charge is -2.01. The number of carbonyl (C=O) groups is 1. The molecule has 1 atom stereocenters. The number of ether oxygens (including phenoxy) is 1. The summed E-state index contributed by atoms with van der Waals surface area (Å²) < 4.78 is 10.6. The van der Waals surface area contributed by atoms with Crippen LogP contribution in [0.4, 0.5) is 0 Å². The Labute approximate surface area is 104 Å². The summed E-state index contributed by atoms with van der Waals surface area (Å²) >= 11 is 0. The first kappa shape index (κ1) is 11.0. The average molecular weight is 244 g/mol. The van der Waals surface area contributed by atoms with Crippen molar-refractivity contribution in [1.29, 1.82) is 0 Å². The summed E-state index contributed by atoms with van der Waals surface area (Å²) in [6, 6.07) is 7.80. The molecule has 0 spiro atoms. The summed E-state index contributed by atoms with van der Waals surface area (Å²) in [4.78, 5) is 15.2. The molecule has 92 valence electrons. The summed E-state index contributed by atoms with van der Waals surface area (Å²) in [5.74, 6) is 1.80. The number of hydrogen-bond acceptors (Lipinski definition) is 5. The fourth-order valence-corrected chi connectivity index (χ4v) is 2.07. The SMILES string of the molecule is CC(=O)Cc1nc(C2COc3ccccc32)no1. The van der Waals surface area contributed by atoms with Gasteiger partial charge in [0.15, 0.2) is 5.82 Å². The Bertz CT molecular complexity index is 591. The molecular weight excluding hydrogens is 232 g/mol. The van der Waals surface area contributed by atoms with Crippen LogP contribution >= 0.6 is 0 Å². The Morgan fingerprint density at radius 3 is 3.11 bits per heavy atom. The highest BCUT2D eigenvalue weighted by atomic mass is 16.5. The van der Waals surface area contributed by atoms with Crippen LogP contribution in [0.25, 0.3) is 0 Å². The third-order valence-electron chi connectivity index (χ3n) is 2.90. The van der Waals surface area contributed by atoms with E-state index < -0.39 is 0 Å². The Morgan fingerprint density at radius 1 is 1.44 bits per heavy atom. The standard InChI is InChI=1S/C13H12N2O3/c1-8(16)6-12-14-13(15-18-12)10-7-17-11-5-3-2-4-9(10)11/h2-5,10H,6-7H2,1H3. The van der Waals surface area contributed by atoms with E-state index in [-0.39, 0.29) is 18.1 Å². The largest absolute Gasteiger partial charge is 0.492 e. The molecular formula is C13H12N2O3. The molecule has 1 aliphatic heterocycles. The van der Waals surface area contributed by atoms with Gasteiger partial charge in [0.2, 0.25) is 5.89 Å². The fourth-order valence-electron chi connectivity index (χ4n) is 2.07. The minimum absolute atomic E-state index is 0.00766. The van der Waals surface area contributed by atoms with Crippen molar-refractivity contribution in [2.24, 2.45) is 0 Å². The van der Waals surface area contributed by atoms with Gasteiger partial charge >= 0.3 is 0 Å². The lowest BCUT2D eigenvalue weighted by Crippen LogP contribution is -2.05. The number of rotatable bonds is 3. The highest BCUT2D eigenvalue weighted by Crippen LogP contribution is 2.36. The molecule has 0 saturated heterocycles. The molecule has 1 aromatic heterocycles. The van der Waals surface area contributed by atoms with Gasteiger partial charge in [-0.25, -0.2) is 0 Å². The summed E-state index contributed by atoms with van der Waals surface area (Å²) in [7, 11) is 0. The quantitative estimate of drug-likeness (QED) is 0.822. The van der Waals surface area contributed by atoms with Crippen molar-refractivity contribution in [2.75, 3.05) is 6.61 Å². The first-order valence-electron chi connectivity index (χ1n) is 5.77. The number of carbonyl (C=O) groups excluding carboxylic acids is 1. The van der Waals surface area contributed by atoms with E-state index in [0.717, 1.165) is 11.3 Å². The van der Waals surface area contributed by atoms with Gasteiger partial charge in [0.05, 0.1) is 12.3 Å². The van der Waals surface area contributed by atoms with Crippen LogP contribution in [-0.4, -0.2) is 22.5 Å². The molecule has 5 heteroatoms. The van der Waals surface area contributed by atoms with Crippen LogP contribution < -0.4 is 4.74 Å². The second-order valence-corrected chi connectivity index (χ2v) is 4.33. The Kier molecular flexibility index (Phi) is 2.59. The second-order valence-electron chi connectivity index (χ2n) is 4.33. The molecule has 0 amide bonds. The molecule has 18 heavy (non-hydrogen) atoms. The first-order valence-corrected chi connectivity index (χ1v) is 5.77. The average Bonchev–Trinajstić information content (AvgIpc) is 2.94. The molecule has 0 N–H and O–H groups in total. The number of aromatic nitrogens is 2. The predicted octanol–water partition coefficient (Wildman–Crippen LogP) is 1.73. The summed E-state index contributed by atoms with van der Waals surface area (Å²) in [5, 5.41) is 3.93. The summed E-state index contributed by atoms with van der Waals surface area (Å²) in [5.41, 5.74) is 1.06. The van der Waals surface area contributed by atoms with E-state index >= 15 is 0 Å². The lowest BCUT2D eigenvalue weighted by atomic mass is 10.0. The van der Waals surface area contributed by atoms with Crippen LogP contribution in [0, 0.1) is 0 Å². The van der Waals surface area contributed by atoms with Gasteiger partial charge in [-0.3, -0.25) is 4.79 Å². The normalized spacial score (nSPS) is 17.3. The van der Waals surface area contributed by atoms with Gasteiger partial charge in [-0.15, -0.1) is 0 Å². The van der Waals surface area contributed by atoms with Crippen LogP contribution in [0.5, 0.6) is 5.75 Å². The maximum Gasteiger partial charge on any atom is 0.234 e. The van der Waals surface area contributed by atoms with Gasteiger partial charge in [-0.1, -0.05) is 23.4 Å². The smallest absolute Gasteiger partial charge is 0.234 e. The molecule has 1 unspecified atom stereocenters. The molecule has 2 aromatic rings. The van der Waals surface area contributed by atoms with Gasteiger partial charge < -0.3 is 9.26 Å². The third kappa shape index (κ3) is 1.88. The van der Waals surface area contributed by atoms with Crippen LogP contribution in [0.2, 0.25) is 0 Å². The zero-order chi connectivity index (χ0) is 12.5. The van der Waals surface area contributed by atoms with Crippen LogP contribution in [0.15, 0.2) is 28.8 Å². The maximum absolute atomic E-state index is 11.0. The molecule has 5 nitrogen and oxygen atoms in total. The molecule has 0 fully saturated rings. The molecule has 0 saturated carbocycles. The third-order valence-corrected chi connectivity index (χ3v) is 2.90. The molecule has 0 aliphatic carbocycles. The number of para-hydroxylation sites is 1. The van der Waals surface area contributed by atoms with Crippen molar-refractivity contribution in [2.45, 2.75) is 19.3 Å². The van der Waals surface area contributed by atoms with Crippen molar-refractivity contribution < 1.29 is 14.1 Å². The van der Waals surface area contributed by atoms with Gasteiger partial charge in [0, 0.05) is 5.56 Å². The van der Waals surface area contributed by atoms with E-state index in [0.29, 0.717) is 18.3 Å². The lowest BCUT2D eigenvalue weighted by molar-refractivity contribution is -0.116. The van der Waals surface area contributed by atoms with Gasteiger partial charge in [0.1, 0.15) is 18.1 Å². The Hall–Kier alpha value is -2.17. The van der Waals surface area contributed by atoms with E-state index in [2.05, 4.69) is 10.1 Å². The molecule has 2 heterocycles. The van der Waals surface area contributed by atoms with E-state index in [4.69, 9.17) is 9.26 Å². The van der Waals surface area contributed by atoms with Crippen molar-refractivity contribution in [1.82, 2.24) is 10.1 Å². The number of nitrogens with zero attached hydrogens (tertiary/aromatic N) is 2. The molecule has 3 rings (SSSR count). The second kappa shape index (κ2) is 4.25. The molecule has 0 radical (unpaired) electrons. The molecule has 0 bridgehead atoms. The van der Waals surface area contributed by atoms with E-state index in [1.807, 2.05) is 24.3 Å². The van der Waals surface area contributed by atoms with Crippen LogP contribution in [0.1, 0.15) is 30.1 Å². The molecule has 1 aromatic carbocycles. The zero-order valence-electron chi connectivity index (χ0n) is 9.92. The Morgan fingerprint density at radius 2 is 2.28 bits per heavy atom. The first-order chi connectivity index (χ1) is 8.74. The highest BCUT2D eigenvalue weighted by molar-refractivity contribution is 5.77. The predicted molar refractivity (Wildman–Crippen MR) is 62.5 cm³/mol. The van der Waals surface area contributed by atoms with Gasteiger partial charge in [-0.2, -0.15) is 4.98 Å². The minimum atomic E-state index is -0.00865. The highest BCUT2D eigenvalue weighted by Gasteiger charge is 2.29. The molecule has 1 aliphatic rings. The van der Waals surface area contributed by atoms with Gasteiger partial charge in [-0.05, 0) is 13.0 Å². The summed E-state index contributed by atoms with van der Waals surface area (Å²) in [6.45, 7) is 2.01. The number of Topliss-reactive ketones (excluding diaryl/α,β-unsaturated/α-hetero) is 1.